The molecule has 0 saturated heterocycles. The fourth-order valence-electron chi connectivity index (χ4n) is 2.01. The Balaban J connectivity index is 1.71. The fraction of sp³-hybridized carbons (Fsp3) is 0. The standard InChI is InChI=1S/C19H15NO2S/c21-19(22-15-9-3-1-4-10-15)20-17-13-7-8-14-18(17)23-16-11-5-2-6-12-16/h1-14H,(H,20,21). The zero-order chi connectivity index (χ0) is 15.9. The van der Waals surface area contributed by atoms with Crippen molar-refractivity contribution in [1.82, 2.24) is 0 Å². The maximum absolute atomic E-state index is 12.0. The van der Waals surface area contributed by atoms with Gasteiger partial charge in [0.05, 0.1) is 5.69 Å². The highest BCUT2D eigenvalue weighted by molar-refractivity contribution is 7.99. The zero-order valence-corrected chi connectivity index (χ0v) is 13.1. The fourth-order valence-corrected chi connectivity index (χ4v) is 2.93. The second-order valence-corrected chi connectivity index (χ2v) is 5.85. The third kappa shape index (κ3) is 4.37. The van der Waals surface area contributed by atoms with Crippen molar-refractivity contribution < 1.29 is 9.53 Å². The highest BCUT2D eigenvalue weighted by Crippen LogP contribution is 2.33. The van der Waals surface area contributed by atoms with Gasteiger partial charge in [-0.15, -0.1) is 0 Å². The first kappa shape index (κ1) is 15.2. The van der Waals surface area contributed by atoms with E-state index in [4.69, 9.17) is 4.74 Å². The SMILES string of the molecule is O=C(Nc1ccccc1Sc1ccccc1)Oc1ccccc1. The molecule has 0 fully saturated rings. The van der Waals surface area contributed by atoms with Crippen molar-refractivity contribution in [1.29, 1.82) is 0 Å². The summed E-state index contributed by atoms with van der Waals surface area (Å²) in [5, 5.41) is 2.80. The largest absolute Gasteiger partial charge is 0.417 e. The van der Waals surface area contributed by atoms with Crippen molar-refractivity contribution in [2.75, 3.05) is 5.32 Å². The number of para-hydroxylation sites is 2. The molecule has 3 aromatic carbocycles. The molecule has 0 heterocycles. The summed E-state index contributed by atoms with van der Waals surface area (Å²) in [6.45, 7) is 0. The number of carbonyl (C=O) groups excluding carboxylic acids is 1. The molecule has 4 heteroatoms. The molecule has 0 radical (unpaired) electrons. The monoisotopic (exact) mass is 321 g/mol. The summed E-state index contributed by atoms with van der Waals surface area (Å²) in [5.74, 6) is 0.512. The molecule has 0 spiro atoms. The van der Waals surface area contributed by atoms with E-state index < -0.39 is 6.09 Å². The van der Waals surface area contributed by atoms with Crippen LogP contribution in [0.25, 0.3) is 0 Å². The second kappa shape index (κ2) is 7.51. The van der Waals surface area contributed by atoms with Gasteiger partial charge in [0, 0.05) is 9.79 Å². The first-order valence-electron chi connectivity index (χ1n) is 7.17. The van der Waals surface area contributed by atoms with Gasteiger partial charge < -0.3 is 4.74 Å². The minimum atomic E-state index is -0.502. The molecule has 1 amide bonds. The van der Waals surface area contributed by atoms with Gasteiger partial charge in [0.1, 0.15) is 5.75 Å². The summed E-state index contributed by atoms with van der Waals surface area (Å²) in [4.78, 5) is 14.1. The van der Waals surface area contributed by atoms with Crippen LogP contribution in [0, 0.1) is 0 Å². The highest BCUT2D eigenvalue weighted by Gasteiger charge is 2.09. The van der Waals surface area contributed by atoms with Crippen LogP contribution >= 0.6 is 11.8 Å². The number of rotatable bonds is 4. The third-order valence-electron chi connectivity index (χ3n) is 3.05. The van der Waals surface area contributed by atoms with Crippen LogP contribution < -0.4 is 10.1 Å². The van der Waals surface area contributed by atoms with Crippen LogP contribution in [-0.4, -0.2) is 6.09 Å². The lowest BCUT2D eigenvalue weighted by Crippen LogP contribution is -2.17. The van der Waals surface area contributed by atoms with Gasteiger partial charge in [0.15, 0.2) is 0 Å². The number of amides is 1. The number of nitrogens with one attached hydrogen (secondary N) is 1. The Labute approximate surface area is 139 Å². The molecule has 0 unspecified atom stereocenters. The van der Waals surface area contributed by atoms with Crippen LogP contribution in [0.5, 0.6) is 5.75 Å². The molecule has 0 aliphatic heterocycles. The van der Waals surface area contributed by atoms with Gasteiger partial charge in [-0.2, -0.15) is 0 Å². The first-order valence-corrected chi connectivity index (χ1v) is 7.99. The van der Waals surface area contributed by atoms with Crippen LogP contribution in [0.4, 0.5) is 10.5 Å². The Bertz CT molecular complexity index is 776. The van der Waals surface area contributed by atoms with Gasteiger partial charge in [-0.3, -0.25) is 5.32 Å². The molecule has 0 atom stereocenters. The summed E-state index contributed by atoms with van der Waals surface area (Å²) < 4.78 is 5.26. The number of hydrogen-bond acceptors (Lipinski definition) is 3. The molecular formula is C19H15NO2S. The lowest BCUT2D eigenvalue weighted by atomic mass is 10.3. The van der Waals surface area contributed by atoms with Crippen molar-refractivity contribution in [2.24, 2.45) is 0 Å². The van der Waals surface area contributed by atoms with Gasteiger partial charge in [-0.1, -0.05) is 60.3 Å². The molecule has 23 heavy (non-hydrogen) atoms. The van der Waals surface area contributed by atoms with Crippen LogP contribution in [0.15, 0.2) is 94.7 Å². The average Bonchev–Trinajstić information content (AvgIpc) is 2.58. The minimum Gasteiger partial charge on any atom is -0.410 e. The Morgan fingerprint density at radius 2 is 1.39 bits per heavy atom. The van der Waals surface area contributed by atoms with Gasteiger partial charge >= 0.3 is 6.09 Å². The van der Waals surface area contributed by atoms with E-state index in [1.165, 1.54) is 0 Å². The maximum Gasteiger partial charge on any atom is 0.417 e. The topological polar surface area (TPSA) is 38.3 Å². The lowest BCUT2D eigenvalue weighted by Gasteiger charge is -2.11. The Morgan fingerprint density at radius 1 is 0.783 bits per heavy atom. The zero-order valence-electron chi connectivity index (χ0n) is 12.3. The van der Waals surface area contributed by atoms with Gasteiger partial charge in [-0.05, 0) is 36.4 Å². The van der Waals surface area contributed by atoms with Gasteiger partial charge in [-0.25, -0.2) is 4.79 Å². The smallest absolute Gasteiger partial charge is 0.410 e. The number of carbonyl (C=O) groups is 1. The highest BCUT2D eigenvalue weighted by atomic mass is 32.2. The van der Waals surface area contributed by atoms with E-state index in [0.717, 1.165) is 15.5 Å². The summed E-state index contributed by atoms with van der Waals surface area (Å²) in [6.07, 6.45) is -0.502. The normalized spacial score (nSPS) is 10.1. The predicted molar refractivity (Wildman–Crippen MR) is 93.1 cm³/mol. The van der Waals surface area contributed by atoms with E-state index in [1.807, 2.05) is 72.8 Å². The quantitative estimate of drug-likeness (QED) is 0.694. The van der Waals surface area contributed by atoms with E-state index in [1.54, 1.807) is 23.9 Å². The Morgan fingerprint density at radius 3 is 2.13 bits per heavy atom. The van der Waals surface area contributed by atoms with Crippen LogP contribution in [0.3, 0.4) is 0 Å². The van der Waals surface area contributed by atoms with E-state index in [-0.39, 0.29) is 0 Å². The Kier molecular flexibility index (Phi) is 4.96. The number of anilines is 1. The molecule has 0 aliphatic rings. The van der Waals surface area contributed by atoms with Crippen molar-refractivity contribution in [3.8, 4) is 5.75 Å². The molecule has 0 aromatic heterocycles. The van der Waals surface area contributed by atoms with Gasteiger partial charge in [0.25, 0.3) is 0 Å². The number of ether oxygens (including phenoxy) is 1. The van der Waals surface area contributed by atoms with Crippen LogP contribution in [0.2, 0.25) is 0 Å². The summed E-state index contributed by atoms with van der Waals surface area (Å²) in [5.41, 5.74) is 0.724. The van der Waals surface area contributed by atoms with E-state index in [2.05, 4.69) is 5.32 Å². The van der Waals surface area contributed by atoms with E-state index in [0.29, 0.717) is 5.75 Å². The molecule has 1 N–H and O–H groups in total. The van der Waals surface area contributed by atoms with Crippen molar-refractivity contribution >= 4 is 23.5 Å². The molecule has 114 valence electrons. The molecule has 3 aromatic rings. The summed E-state index contributed by atoms with van der Waals surface area (Å²) in [6, 6.07) is 26.7. The second-order valence-electron chi connectivity index (χ2n) is 4.74. The molecule has 0 aliphatic carbocycles. The van der Waals surface area contributed by atoms with Crippen LogP contribution in [0.1, 0.15) is 0 Å². The predicted octanol–water partition coefficient (Wildman–Crippen LogP) is 5.45. The average molecular weight is 321 g/mol. The minimum absolute atomic E-state index is 0.502. The van der Waals surface area contributed by atoms with Crippen molar-refractivity contribution in [3.05, 3.63) is 84.9 Å². The third-order valence-corrected chi connectivity index (χ3v) is 4.13. The molecular weight excluding hydrogens is 306 g/mol. The summed E-state index contributed by atoms with van der Waals surface area (Å²) >= 11 is 1.59. The molecule has 0 saturated carbocycles. The van der Waals surface area contributed by atoms with Crippen molar-refractivity contribution in [2.45, 2.75) is 9.79 Å². The Hall–Kier alpha value is -2.72. The number of hydrogen-bond donors (Lipinski definition) is 1. The van der Waals surface area contributed by atoms with E-state index in [9.17, 15) is 4.79 Å². The molecule has 0 bridgehead atoms. The van der Waals surface area contributed by atoms with Crippen molar-refractivity contribution in [3.63, 3.8) is 0 Å². The summed E-state index contributed by atoms with van der Waals surface area (Å²) in [7, 11) is 0. The van der Waals surface area contributed by atoms with Crippen LogP contribution in [-0.2, 0) is 0 Å². The van der Waals surface area contributed by atoms with Gasteiger partial charge in [0.2, 0.25) is 0 Å². The van der Waals surface area contributed by atoms with E-state index >= 15 is 0 Å². The maximum atomic E-state index is 12.0. The molecule has 3 rings (SSSR count). The first-order chi connectivity index (χ1) is 11.3. The molecule has 3 nitrogen and oxygen atoms in total. The lowest BCUT2D eigenvalue weighted by molar-refractivity contribution is 0.215. The number of benzene rings is 3.